The molecule has 18 heavy (non-hydrogen) atoms. The molecule has 1 aromatic rings. The van der Waals surface area contributed by atoms with Gasteiger partial charge in [-0.2, -0.15) is 0 Å². The highest BCUT2D eigenvalue weighted by atomic mass is 16.5. The second kappa shape index (κ2) is 4.90. The van der Waals surface area contributed by atoms with Gasteiger partial charge in [0.25, 0.3) is 0 Å². The van der Waals surface area contributed by atoms with E-state index < -0.39 is 0 Å². The van der Waals surface area contributed by atoms with Crippen LogP contribution in [0.3, 0.4) is 0 Å². The Morgan fingerprint density at radius 3 is 2.33 bits per heavy atom. The molecule has 0 aromatic heterocycles. The first-order valence-corrected chi connectivity index (χ1v) is 6.90. The SMILES string of the molecule is NC1(c2ccc(OC3CCOCC3)cc2)CCC1. The third kappa shape index (κ3) is 2.38. The second-order valence-electron chi connectivity index (χ2n) is 5.46. The molecular weight excluding hydrogens is 226 g/mol. The van der Waals surface area contributed by atoms with Crippen LogP contribution >= 0.6 is 0 Å². The van der Waals surface area contributed by atoms with Gasteiger partial charge in [0.15, 0.2) is 0 Å². The van der Waals surface area contributed by atoms with Crippen molar-refractivity contribution in [3.8, 4) is 5.75 Å². The van der Waals surface area contributed by atoms with E-state index in [1.807, 2.05) is 0 Å². The van der Waals surface area contributed by atoms with Crippen LogP contribution in [-0.4, -0.2) is 19.3 Å². The van der Waals surface area contributed by atoms with Crippen LogP contribution in [0.15, 0.2) is 24.3 Å². The maximum Gasteiger partial charge on any atom is 0.119 e. The molecule has 98 valence electrons. The first-order valence-electron chi connectivity index (χ1n) is 6.90. The highest BCUT2D eigenvalue weighted by molar-refractivity contribution is 5.33. The summed E-state index contributed by atoms with van der Waals surface area (Å²) in [5.41, 5.74) is 7.47. The van der Waals surface area contributed by atoms with Crippen LogP contribution < -0.4 is 10.5 Å². The molecule has 0 atom stereocenters. The van der Waals surface area contributed by atoms with Gasteiger partial charge in [-0.05, 0) is 37.0 Å². The Kier molecular flexibility index (Phi) is 3.27. The van der Waals surface area contributed by atoms with E-state index in [0.717, 1.165) is 44.6 Å². The molecule has 2 aliphatic rings. The molecule has 0 amide bonds. The molecule has 1 saturated carbocycles. The van der Waals surface area contributed by atoms with Crippen LogP contribution in [0.25, 0.3) is 0 Å². The van der Waals surface area contributed by atoms with Crippen molar-refractivity contribution >= 4 is 0 Å². The molecule has 3 heteroatoms. The first-order chi connectivity index (χ1) is 8.76. The average Bonchev–Trinajstić information content (AvgIpc) is 2.38. The topological polar surface area (TPSA) is 44.5 Å². The molecule has 1 aliphatic carbocycles. The Morgan fingerprint density at radius 1 is 1.11 bits per heavy atom. The second-order valence-corrected chi connectivity index (χ2v) is 5.46. The monoisotopic (exact) mass is 247 g/mol. The van der Waals surface area contributed by atoms with Gasteiger partial charge < -0.3 is 15.2 Å². The van der Waals surface area contributed by atoms with E-state index in [4.69, 9.17) is 15.2 Å². The molecule has 3 rings (SSSR count). The summed E-state index contributed by atoms with van der Waals surface area (Å²) in [6.07, 6.45) is 5.74. The summed E-state index contributed by atoms with van der Waals surface area (Å²) in [7, 11) is 0. The van der Waals surface area contributed by atoms with Gasteiger partial charge in [0, 0.05) is 18.4 Å². The van der Waals surface area contributed by atoms with Crippen molar-refractivity contribution in [3.05, 3.63) is 29.8 Å². The predicted molar refractivity (Wildman–Crippen MR) is 70.6 cm³/mol. The van der Waals surface area contributed by atoms with E-state index in [9.17, 15) is 0 Å². The number of hydrogen-bond acceptors (Lipinski definition) is 3. The minimum absolute atomic E-state index is 0.0722. The zero-order chi connectivity index (χ0) is 12.4. The summed E-state index contributed by atoms with van der Waals surface area (Å²) in [6.45, 7) is 1.63. The third-order valence-corrected chi connectivity index (χ3v) is 4.15. The van der Waals surface area contributed by atoms with Crippen LogP contribution in [0.4, 0.5) is 0 Å². The van der Waals surface area contributed by atoms with Gasteiger partial charge in [0.05, 0.1) is 13.2 Å². The molecule has 2 N–H and O–H groups in total. The van der Waals surface area contributed by atoms with E-state index in [0.29, 0.717) is 6.10 Å². The van der Waals surface area contributed by atoms with Crippen molar-refractivity contribution < 1.29 is 9.47 Å². The van der Waals surface area contributed by atoms with Crippen molar-refractivity contribution in [2.45, 2.75) is 43.7 Å². The van der Waals surface area contributed by atoms with Crippen molar-refractivity contribution in [2.75, 3.05) is 13.2 Å². The zero-order valence-corrected chi connectivity index (χ0v) is 10.7. The fraction of sp³-hybridized carbons (Fsp3) is 0.600. The maximum atomic E-state index is 6.30. The molecule has 1 heterocycles. The Morgan fingerprint density at radius 2 is 1.78 bits per heavy atom. The van der Waals surface area contributed by atoms with Crippen molar-refractivity contribution in [2.24, 2.45) is 5.73 Å². The van der Waals surface area contributed by atoms with Crippen LogP contribution in [-0.2, 0) is 10.3 Å². The molecule has 1 aliphatic heterocycles. The minimum atomic E-state index is -0.0722. The Hall–Kier alpha value is -1.06. The summed E-state index contributed by atoms with van der Waals surface area (Å²) < 4.78 is 11.3. The van der Waals surface area contributed by atoms with Crippen molar-refractivity contribution in [1.29, 1.82) is 0 Å². The normalized spacial score (nSPS) is 23.4. The molecule has 0 radical (unpaired) electrons. The van der Waals surface area contributed by atoms with Gasteiger partial charge in [-0.1, -0.05) is 12.1 Å². The molecule has 0 bridgehead atoms. The fourth-order valence-electron chi connectivity index (χ4n) is 2.70. The lowest BCUT2D eigenvalue weighted by atomic mass is 9.73. The fourth-order valence-corrected chi connectivity index (χ4v) is 2.70. The molecule has 0 spiro atoms. The van der Waals surface area contributed by atoms with Crippen molar-refractivity contribution in [1.82, 2.24) is 0 Å². The lowest BCUT2D eigenvalue weighted by Gasteiger charge is -2.38. The molecule has 0 unspecified atom stereocenters. The first kappa shape index (κ1) is 12.0. The van der Waals surface area contributed by atoms with Crippen LogP contribution in [0.1, 0.15) is 37.7 Å². The van der Waals surface area contributed by atoms with E-state index in [-0.39, 0.29) is 5.54 Å². The average molecular weight is 247 g/mol. The highest BCUT2D eigenvalue weighted by Gasteiger charge is 2.34. The zero-order valence-electron chi connectivity index (χ0n) is 10.7. The van der Waals surface area contributed by atoms with Gasteiger partial charge >= 0.3 is 0 Å². The number of benzene rings is 1. The number of rotatable bonds is 3. The van der Waals surface area contributed by atoms with E-state index in [1.165, 1.54) is 12.0 Å². The summed E-state index contributed by atoms with van der Waals surface area (Å²) >= 11 is 0. The van der Waals surface area contributed by atoms with E-state index in [2.05, 4.69) is 24.3 Å². The summed E-state index contributed by atoms with van der Waals surface area (Å²) in [4.78, 5) is 0. The van der Waals surface area contributed by atoms with Gasteiger partial charge in [-0.25, -0.2) is 0 Å². The van der Waals surface area contributed by atoms with Crippen molar-refractivity contribution in [3.63, 3.8) is 0 Å². The molecule has 3 nitrogen and oxygen atoms in total. The predicted octanol–water partition coefficient (Wildman–Crippen LogP) is 2.58. The van der Waals surface area contributed by atoms with Crippen LogP contribution in [0, 0.1) is 0 Å². The summed E-state index contributed by atoms with van der Waals surface area (Å²) in [5.74, 6) is 0.952. The standard InChI is InChI=1S/C15H21NO2/c16-15(8-1-9-15)12-2-4-13(5-3-12)18-14-6-10-17-11-7-14/h2-5,14H,1,6-11,16H2. The van der Waals surface area contributed by atoms with E-state index in [1.54, 1.807) is 0 Å². The molecular formula is C15H21NO2. The lowest BCUT2D eigenvalue weighted by Crippen LogP contribution is -2.43. The Bertz CT molecular complexity index is 391. The van der Waals surface area contributed by atoms with Gasteiger partial charge in [-0.3, -0.25) is 0 Å². The molecule has 2 fully saturated rings. The minimum Gasteiger partial charge on any atom is -0.490 e. The quantitative estimate of drug-likeness (QED) is 0.893. The third-order valence-electron chi connectivity index (χ3n) is 4.15. The summed E-state index contributed by atoms with van der Waals surface area (Å²) in [6, 6.07) is 8.34. The van der Waals surface area contributed by atoms with Gasteiger partial charge in [0.2, 0.25) is 0 Å². The Balaban J connectivity index is 1.63. The number of ether oxygens (including phenoxy) is 2. The van der Waals surface area contributed by atoms with E-state index >= 15 is 0 Å². The lowest BCUT2D eigenvalue weighted by molar-refractivity contribution is 0.0255. The Labute approximate surface area is 108 Å². The highest BCUT2D eigenvalue weighted by Crippen LogP contribution is 2.39. The summed E-state index contributed by atoms with van der Waals surface area (Å²) in [5, 5.41) is 0. The largest absolute Gasteiger partial charge is 0.490 e. The van der Waals surface area contributed by atoms with Gasteiger partial charge in [0.1, 0.15) is 11.9 Å². The molecule has 1 saturated heterocycles. The van der Waals surface area contributed by atoms with Gasteiger partial charge in [-0.15, -0.1) is 0 Å². The maximum absolute atomic E-state index is 6.30. The number of nitrogens with two attached hydrogens (primary N) is 1. The van der Waals surface area contributed by atoms with Crippen LogP contribution in [0.5, 0.6) is 5.75 Å². The smallest absolute Gasteiger partial charge is 0.119 e. The number of hydrogen-bond donors (Lipinski definition) is 1. The molecule has 1 aromatic carbocycles. The van der Waals surface area contributed by atoms with Crippen LogP contribution in [0.2, 0.25) is 0 Å².